The summed E-state index contributed by atoms with van der Waals surface area (Å²) >= 11 is 0. The largest absolute Gasteiger partial charge is 0.466 e. The van der Waals surface area contributed by atoms with Crippen LogP contribution in [0.5, 0.6) is 0 Å². The van der Waals surface area contributed by atoms with E-state index in [0.717, 1.165) is 0 Å². The standard InChI is InChI=1S/C34H43FN4O8/c1-4-45-30(41)13-8-14-31(42)46-21-47-34(2,3)16-15-23(32(36)43)19-29(40)27(18-22-9-7-10-24(35)17-22)39-33(44)28-20-37-25-11-5-6-12-26(25)38-28/h5-7,9-12,17,20,23,27,29,40H,4,8,13-16,18-19,21H2,1-3H3,(H2,36,43)(H,39,44). The van der Waals surface area contributed by atoms with Gasteiger partial charge in [-0.05, 0) is 82.7 Å². The number of para-hydroxylation sites is 2. The molecule has 4 N–H and O–H groups in total. The summed E-state index contributed by atoms with van der Waals surface area (Å²) in [4.78, 5) is 57.7. The van der Waals surface area contributed by atoms with Crippen LogP contribution in [0.4, 0.5) is 4.39 Å². The number of rotatable bonds is 19. The molecule has 2 aromatic carbocycles. The highest BCUT2D eigenvalue weighted by atomic mass is 19.1. The summed E-state index contributed by atoms with van der Waals surface area (Å²) in [5.74, 6) is -3.42. The molecule has 0 bridgehead atoms. The fourth-order valence-electron chi connectivity index (χ4n) is 4.87. The molecule has 0 radical (unpaired) electrons. The first-order valence-electron chi connectivity index (χ1n) is 15.6. The van der Waals surface area contributed by atoms with Crippen LogP contribution in [0.25, 0.3) is 11.0 Å². The number of halogens is 1. The fourth-order valence-corrected chi connectivity index (χ4v) is 4.87. The van der Waals surface area contributed by atoms with Gasteiger partial charge in [0.2, 0.25) is 5.91 Å². The van der Waals surface area contributed by atoms with Crippen molar-refractivity contribution in [3.63, 3.8) is 0 Å². The molecule has 3 aromatic rings. The van der Waals surface area contributed by atoms with Crippen molar-refractivity contribution in [2.24, 2.45) is 11.7 Å². The molecule has 0 fully saturated rings. The summed E-state index contributed by atoms with van der Waals surface area (Å²) in [6, 6.07) is 11.9. The molecule has 1 aromatic heterocycles. The van der Waals surface area contributed by atoms with Gasteiger partial charge in [-0.2, -0.15) is 0 Å². The third-order valence-electron chi connectivity index (χ3n) is 7.57. The molecule has 0 spiro atoms. The van der Waals surface area contributed by atoms with Crippen LogP contribution >= 0.6 is 0 Å². The highest BCUT2D eigenvalue weighted by molar-refractivity contribution is 5.94. The van der Waals surface area contributed by atoms with Gasteiger partial charge < -0.3 is 30.4 Å². The van der Waals surface area contributed by atoms with Crippen LogP contribution in [-0.2, 0) is 35.0 Å². The SMILES string of the molecule is CCOC(=O)CCCC(=O)OCOC(C)(C)CCC(CC(O)C(Cc1cccc(F)c1)NC(=O)c1cnc2ccccc2n1)C(N)=O. The summed E-state index contributed by atoms with van der Waals surface area (Å²) in [7, 11) is 0. The van der Waals surface area contributed by atoms with E-state index in [1.54, 1.807) is 51.1 Å². The van der Waals surface area contributed by atoms with Crippen LogP contribution in [0.3, 0.4) is 0 Å². The Hall–Kier alpha value is -4.49. The van der Waals surface area contributed by atoms with Gasteiger partial charge in [0, 0.05) is 18.8 Å². The quantitative estimate of drug-likeness (QED) is 0.127. The number of esters is 2. The number of nitrogens with one attached hydrogen (secondary N) is 1. The second-order valence-electron chi connectivity index (χ2n) is 11.8. The van der Waals surface area contributed by atoms with E-state index in [2.05, 4.69) is 15.3 Å². The molecule has 0 saturated heterocycles. The molecule has 12 nitrogen and oxygen atoms in total. The van der Waals surface area contributed by atoms with Crippen LogP contribution in [0, 0.1) is 11.7 Å². The third-order valence-corrected chi connectivity index (χ3v) is 7.57. The van der Waals surface area contributed by atoms with Gasteiger partial charge in [-0.1, -0.05) is 24.3 Å². The second kappa shape index (κ2) is 18.0. The maximum absolute atomic E-state index is 14.0. The molecule has 0 saturated carbocycles. The zero-order chi connectivity index (χ0) is 34.4. The van der Waals surface area contributed by atoms with Gasteiger partial charge in [0.1, 0.15) is 11.5 Å². The normalized spacial score (nSPS) is 13.4. The van der Waals surface area contributed by atoms with Crippen molar-refractivity contribution in [2.75, 3.05) is 13.4 Å². The van der Waals surface area contributed by atoms with Gasteiger partial charge in [0.15, 0.2) is 6.79 Å². The predicted molar refractivity (Wildman–Crippen MR) is 170 cm³/mol. The number of aliphatic hydroxyl groups excluding tert-OH is 1. The van der Waals surface area contributed by atoms with E-state index < -0.39 is 47.3 Å². The molecule has 0 aliphatic heterocycles. The molecular weight excluding hydrogens is 611 g/mol. The van der Waals surface area contributed by atoms with E-state index in [1.165, 1.54) is 24.4 Å². The first-order valence-corrected chi connectivity index (χ1v) is 15.6. The summed E-state index contributed by atoms with van der Waals surface area (Å²) in [6.45, 7) is 5.17. The Morgan fingerprint density at radius 2 is 1.72 bits per heavy atom. The van der Waals surface area contributed by atoms with Crippen LogP contribution in [0.1, 0.15) is 75.3 Å². The number of hydrogen-bond acceptors (Lipinski definition) is 10. The molecule has 3 unspecified atom stereocenters. The number of ether oxygens (including phenoxy) is 3. The second-order valence-corrected chi connectivity index (χ2v) is 11.8. The highest BCUT2D eigenvalue weighted by Crippen LogP contribution is 2.25. The Labute approximate surface area is 273 Å². The van der Waals surface area contributed by atoms with Crippen molar-refractivity contribution in [1.82, 2.24) is 15.3 Å². The number of aromatic nitrogens is 2. The third kappa shape index (κ3) is 12.7. The number of carbonyl (C=O) groups excluding carboxylic acids is 4. The summed E-state index contributed by atoms with van der Waals surface area (Å²) in [6.07, 6.45) is 1.04. The Morgan fingerprint density at radius 3 is 2.40 bits per heavy atom. The van der Waals surface area contributed by atoms with E-state index in [9.17, 15) is 28.7 Å². The molecule has 0 aliphatic carbocycles. The van der Waals surface area contributed by atoms with Gasteiger partial charge in [0.05, 0.1) is 41.6 Å². The van der Waals surface area contributed by atoms with E-state index in [1.807, 2.05) is 0 Å². The Bertz CT molecular complexity index is 1520. The number of nitrogens with zero attached hydrogens (tertiary/aromatic N) is 2. The fraction of sp³-hybridized carbons (Fsp3) is 0.471. The van der Waals surface area contributed by atoms with E-state index in [4.69, 9.17) is 19.9 Å². The number of fused-ring (bicyclic) bond motifs is 1. The van der Waals surface area contributed by atoms with E-state index >= 15 is 0 Å². The minimum Gasteiger partial charge on any atom is -0.466 e. The van der Waals surface area contributed by atoms with Gasteiger partial charge in [-0.25, -0.2) is 9.37 Å². The summed E-state index contributed by atoms with van der Waals surface area (Å²) in [5.41, 5.74) is 6.57. The molecule has 3 atom stereocenters. The van der Waals surface area contributed by atoms with E-state index in [-0.39, 0.29) is 57.2 Å². The molecule has 2 amide bonds. The van der Waals surface area contributed by atoms with E-state index in [0.29, 0.717) is 29.4 Å². The van der Waals surface area contributed by atoms with Crippen molar-refractivity contribution in [1.29, 1.82) is 0 Å². The number of amides is 2. The van der Waals surface area contributed by atoms with Crippen LogP contribution in [0.15, 0.2) is 54.7 Å². The van der Waals surface area contributed by atoms with Crippen molar-refractivity contribution >= 4 is 34.8 Å². The lowest BCUT2D eigenvalue weighted by Crippen LogP contribution is -2.46. The maximum atomic E-state index is 14.0. The molecule has 13 heteroatoms. The number of primary amides is 1. The lowest BCUT2D eigenvalue weighted by atomic mass is 9.87. The number of benzene rings is 2. The Balaban J connectivity index is 1.60. The lowest BCUT2D eigenvalue weighted by molar-refractivity contribution is -0.170. The first kappa shape index (κ1) is 37.0. The van der Waals surface area contributed by atoms with Crippen LogP contribution < -0.4 is 11.1 Å². The topological polar surface area (TPSA) is 180 Å². The summed E-state index contributed by atoms with van der Waals surface area (Å²) < 4.78 is 29.6. The molecule has 3 rings (SSSR count). The number of nitrogens with two attached hydrogens (primary N) is 1. The van der Waals surface area contributed by atoms with Crippen molar-refractivity contribution in [3.05, 3.63) is 71.8 Å². The maximum Gasteiger partial charge on any atom is 0.307 e. The van der Waals surface area contributed by atoms with Crippen LogP contribution in [0.2, 0.25) is 0 Å². The van der Waals surface area contributed by atoms with Crippen molar-refractivity contribution in [3.8, 4) is 0 Å². The highest BCUT2D eigenvalue weighted by Gasteiger charge is 2.30. The number of aliphatic hydroxyl groups is 1. The van der Waals surface area contributed by atoms with Crippen LogP contribution in [-0.4, -0.2) is 70.0 Å². The number of carbonyl (C=O) groups is 4. The zero-order valence-electron chi connectivity index (χ0n) is 26.9. The average molecular weight is 655 g/mol. The lowest BCUT2D eigenvalue weighted by Gasteiger charge is -2.29. The van der Waals surface area contributed by atoms with Crippen molar-refractivity contribution < 1.29 is 42.9 Å². The minimum absolute atomic E-state index is 0.0326. The van der Waals surface area contributed by atoms with Gasteiger partial charge in [-0.15, -0.1) is 0 Å². The molecule has 47 heavy (non-hydrogen) atoms. The minimum atomic E-state index is -1.24. The van der Waals surface area contributed by atoms with Gasteiger partial charge in [0.25, 0.3) is 5.91 Å². The van der Waals surface area contributed by atoms with Gasteiger partial charge >= 0.3 is 11.9 Å². The molecule has 254 valence electrons. The smallest absolute Gasteiger partial charge is 0.307 e. The summed E-state index contributed by atoms with van der Waals surface area (Å²) in [5, 5.41) is 14.1. The van der Waals surface area contributed by atoms with Gasteiger partial charge in [-0.3, -0.25) is 24.2 Å². The average Bonchev–Trinajstić information content (AvgIpc) is 3.02. The number of hydrogen-bond donors (Lipinski definition) is 3. The molecule has 1 heterocycles. The molecule has 0 aliphatic rings. The Morgan fingerprint density at radius 1 is 1.02 bits per heavy atom. The predicted octanol–water partition coefficient (Wildman–Crippen LogP) is 3.77. The monoisotopic (exact) mass is 654 g/mol. The Kier molecular flexibility index (Phi) is 14.2. The molecular formula is C34H43FN4O8. The first-order chi connectivity index (χ1) is 22.4. The zero-order valence-corrected chi connectivity index (χ0v) is 26.9. The van der Waals surface area contributed by atoms with Crippen molar-refractivity contribution in [2.45, 2.75) is 83.5 Å².